The van der Waals surface area contributed by atoms with Crippen LogP contribution in [-0.2, 0) is 4.74 Å². The van der Waals surface area contributed by atoms with E-state index in [9.17, 15) is 4.79 Å². The third kappa shape index (κ3) is 7.46. The van der Waals surface area contributed by atoms with Crippen LogP contribution in [0.5, 0.6) is 0 Å². The molecule has 7 nitrogen and oxygen atoms in total. The van der Waals surface area contributed by atoms with Gasteiger partial charge in [-0.05, 0) is 54.5 Å². The summed E-state index contributed by atoms with van der Waals surface area (Å²) >= 11 is 0. The molecule has 0 aromatic heterocycles. The molecule has 1 saturated heterocycles. The molecule has 2 N–H and O–H groups in total. The number of ether oxygens (including phenoxy) is 1. The smallest absolute Gasteiger partial charge is 0.410 e. The summed E-state index contributed by atoms with van der Waals surface area (Å²) in [6.45, 7) is 12.8. The van der Waals surface area contributed by atoms with Gasteiger partial charge in [0.15, 0.2) is 5.96 Å². The lowest BCUT2D eigenvalue weighted by molar-refractivity contribution is 0.00700. The maximum absolute atomic E-state index is 12.0. The average molecular weight is 481 g/mol. The van der Waals surface area contributed by atoms with Gasteiger partial charge in [0.1, 0.15) is 5.60 Å². The number of rotatable bonds is 6. The van der Waals surface area contributed by atoms with Crippen molar-refractivity contribution in [2.45, 2.75) is 71.2 Å². The largest absolute Gasteiger partial charge is 0.444 e. The Morgan fingerprint density at radius 2 is 1.96 bits per heavy atom. The molecular formula is C18H36IN5O2. The van der Waals surface area contributed by atoms with Gasteiger partial charge in [-0.25, -0.2) is 4.79 Å². The van der Waals surface area contributed by atoms with Crippen molar-refractivity contribution < 1.29 is 9.53 Å². The maximum atomic E-state index is 12.0. The van der Waals surface area contributed by atoms with Crippen LogP contribution in [-0.4, -0.2) is 78.8 Å². The van der Waals surface area contributed by atoms with E-state index < -0.39 is 5.60 Å². The van der Waals surface area contributed by atoms with E-state index in [1.807, 2.05) is 20.8 Å². The summed E-state index contributed by atoms with van der Waals surface area (Å²) in [5.74, 6) is 0.826. The molecule has 0 aromatic carbocycles. The zero-order valence-electron chi connectivity index (χ0n) is 17.0. The number of nitrogens with one attached hydrogen (secondary N) is 2. The molecule has 1 atom stereocenters. The van der Waals surface area contributed by atoms with Crippen LogP contribution in [0.1, 0.15) is 47.5 Å². The Morgan fingerprint density at radius 3 is 2.46 bits per heavy atom. The van der Waals surface area contributed by atoms with Crippen LogP contribution >= 0.6 is 24.0 Å². The average Bonchev–Trinajstić information content (AvgIpc) is 3.29. The Labute approximate surface area is 175 Å². The molecular weight excluding hydrogens is 445 g/mol. The number of hydrogen-bond acceptors (Lipinski definition) is 4. The molecule has 0 spiro atoms. The lowest BCUT2D eigenvalue weighted by Crippen LogP contribution is -2.63. The second-order valence-electron chi connectivity index (χ2n) is 8.19. The minimum absolute atomic E-state index is 0. The molecule has 1 aliphatic heterocycles. The number of halogens is 1. The number of aliphatic imine (C=N–C) groups is 1. The molecule has 0 bridgehead atoms. The van der Waals surface area contributed by atoms with Crippen LogP contribution in [0.4, 0.5) is 4.79 Å². The van der Waals surface area contributed by atoms with Gasteiger partial charge < -0.3 is 20.3 Å². The Morgan fingerprint density at radius 1 is 1.35 bits per heavy atom. The lowest BCUT2D eigenvalue weighted by atomic mass is 10.1. The molecule has 1 amide bonds. The van der Waals surface area contributed by atoms with Gasteiger partial charge in [-0.1, -0.05) is 0 Å². The van der Waals surface area contributed by atoms with E-state index in [4.69, 9.17) is 9.73 Å². The molecule has 0 aromatic rings. The Balaban J connectivity index is 0.00000338. The first-order valence-corrected chi connectivity index (χ1v) is 9.44. The number of carbonyl (C=O) groups excluding carboxylic acids is 1. The molecule has 1 heterocycles. The zero-order valence-corrected chi connectivity index (χ0v) is 19.4. The number of likely N-dealkylation sites (tertiary alicyclic amines) is 1. The van der Waals surface area contributed by atoms with Crippen molar-refractivity contribution in [3.05, 3.63) is 0 Å². The summed E-state index contributed by atoms with van der Waals surface area (Å²) in [5, 5.41) is 6.70. The number of nitrogens with zero attached hydrogens (tertiary/aromatic N) is 3. The summed E-state index contributed by atoms with van der Waals surface area (Å²) in [4.78, 5) is 20.8. The molecule has 0 radical (unpaired) electrons. The van der Waals surface area contributed by atoms with Crippen molar-refractivity contribution >= 4 is 36.0 Å². The van der Waals surface area contributed by atoms with Gasteiger partial charge in [-0.15, -0.1) is 24.0 Å². The summed E-state index contributed by atoms with van der Waals surface area (Å²) in [6.07, 6.45) is 2.38. The SMILES string of the molecule is CCNC(=NCC(C)N(C)C1CC1)NC1CN(C(=O)OC(C)(C)C)C1.I. The summed E-state index contributed by atoms with van der Waals surface area (Å²) < 4.78 is 5.38. The third-order valence-electron chi connectivity index (χ3n) is 4.55. The molecule has 2 rings (SSSR count). The maximum Gasteiger partial charge on any atom is 0.410 e. The van der Waals surface area contributed by atoms with Crippen LogP contribution in [0.3, 0.4) is 0 Å². The normalized spacial score (nSPS) is 19.5. The standard InChI is InChI=1S/C18H35N5O2.HI/c1-7-19-16(20-10-13(2)22(6)15-8-9-15)21-14-11-23(12-14)17(24)25-18(3,4)5;/h13-15H,7-12H2,1-6H3,(H2,19,20,21);1H. The highest BCUT2D eigenvalue weighted by Gasteiger charge is 2.34. The van der Waals surface area contributed by atoms with E-state index >= 15 is 0 Å². The van der Waals surface area contributed by atoms with Crippen LogP contribution < -0.4 is 10.6 Å². The van der Waals surface area contributed by atoms with E-state index in [2.05, 4.69) is 36.4 Å². The second-order valence-corrected chi connectivity index (χ2v) is 8.19. The van der Waals surface area contributed by atoms with E-state index in [-0.39, 0.29) is 36.1 Å². The fourth-order valence-electron chi connectivity index (χ4n) is 2.75. The zero-order chi connectivity index (χ0) is 18.6. The quantitative estimate of drug-likeness (QED) is 0.346. The second kappa shape index (κ2) is 9.96. The number of amides is 1. The van der Waals surface area contributed by atoms with Gasteiger partial charge in [-0.3, -0.25) is 9.89 Å². The fraction of sp³-hybridized carbons (Fsp3) is 0.889. The third-order valence-corrected chi connectivity index (χ3v) is 4.55. The van der Waals surface area contributed by atoms with E-state index in [0.29, 0.717) is 19.1 Å². The predicted molar refractivity (Wildman–Crippen MR) is 116 cm³/mol. The molecule has 2 aliphatic rings. The Bertz CT molecular complexity index is 484. The minimum Gasteiger partial charge on any atom is -0.444 e. The van der Waals surface area contributed by atoms with Crippen molar-refractivity contribution in [1.29, 1.82) is 0 Å². The van der Waals surface area contributed by atoms with Crippen molar-refractivity contribution in [2.24, 2.45) is 4.99 Å². The predicted octanol–water partition coefficient (Wildman–Crippen LogP) is 2.26. The first kappa shape index (κ1) is 23.3. The van der Waals surface area contributed by atoms with Gasteiger partial charge >= 0.3 is 6.09 Å². The van der Waals surface area contributed by atoms with Gasteiger partial charge in [0.05, 0.1) is 12.6 Å². The van der Waals surface area contributed by atoms with E-state index in [1.165, 1.54) is 12.8 Å². The fourth-order valence-corrected chi connectivity index (χ4v) is 2.75. The molecule has 152 valence electrons. The van der Waals surface area contributed by atoms with E-state index in [0.717, 1.165) is 25.1 Å². The minimum atomic E-state index is -0.449. The van der Waals surface area contributed by atoms with Crippen LogP contribution in [0, 0.1) is 0 Å². The molecule has 26 heavy (non-hydrogen) atoms. The molecule has 2 fully saturated rings. The van der Waals surface area contributed by atoms with Crippen molar-refractivity contribution in [2.75, 3.05) is 33.2 Å². The topological polar surface area (TPSA) is 69.2 Å². The highest BCUT2D eigenvalue weighted by Crippen LogP contribution is 2.26. The highest BCUT2D eigenvalue weighted by atomic mass is 127. The summed E-state index contributed by atoms with van der Waals surface area (Å²) in [5.41, 5.74) is -0.449. The number of guanidine groups is 1. The number of carbonyl (C=O) groups is 1. The van der Waals surface area contributed by atoms with Crippen LogP contribution in [0.15, 0.2) is 4.99 Å². The van der Waals surface area contributed by atoms with Crippen LogP contribution in [0.2, 0.25) is 0 Å². The molecule has 1 aliphatic carbocycles. The first-order chi connectivity index (χ1) is 11.7. The van der Waals surface area contributed by atoms with Gasteiger partial charge in [0, 0.05) is 31.7 Å². The molecule has 8 heteroatoms. The van der Waals surface area contributed by atoms with Gasteiger partial charge in [-0.2, -0.15) is 0 Å². The Hall–Kier alpha value is -0.770. The monoisotopic (exact) mass is 481 g/mol. The lowest BCUT2D eigenvalue weighted by Gasteiger charge is -2.40. The van der Waals surface area contributed by atoms with Crippen molar-refractivity contribution in [3.8, 4) is 0 Å². The van der Waals surface area contributed by atoms with Crippen LogP contribution in [0.25, 0.3) is 0 Å². The summed E-state index contributed by atoms with van der Waals surface area (Å²) in [7, 11) is 2.18. The van der Waals surface area contributed by atoms with Crippen molar-refractivity contribution in [1.82, 2.24) is 20.4 Å². The highest BCUT2D eigenvalue weighted by molar-refractivity contribution is 14.0. The molecule has 1 saturated carbocycles. The van der Waals surface area contributed by atoms with Gasteiger partial charge in [0.2, 0.25) is 0 Å². The van der Waals surface area contributed by atoms with Gasteiger partial charge in [0.25, 0.3) is 0 Å². The summed E-state index contributed by atoms with van der Waals surface area (Å²) in [6, 6.07) is 1.40. The first-order valence-electron chi connectivity index (χ1n) is 9.44. The van der Waals surface area contributed by atoms with Crippen molar-refractivity contribution in [3.63, 3.8) is 0 Å². The number of hydrogen-bond donors (Lipinski definition) is 2. The number of likely N-dealkylation sites (N-methyl/N-ethyl adjacent to an activating group) is 1. The molecule has 1 unspecified atom stereocenters. The Kier molecular flexibility index (Phi) is 8.92. The van der Waals surface area contributed by atoms with E-state index in [1.54, 1.807) is 4.90 Å².